The summed E-state index contributed by atoms with van der Waals surface area (Å²) in [4.78, 5) is 48.4. The van der Waals surface area contributed by atoms with Crippen LogP contribution in [0.15, 0.2) is 79.9 Å². The second kappa shape index (κ2) is 13.3. The predicted octanol–water partition coefficient (Wildman–Crippen LogP) is 4.12. The number of likely N-dealkylation sites (tertiary alicyclic amines) is 1. The number of alkyl halides is 1. The van der Waals surface area contributed by atoms with Gasteiger partial charge in [-0.3, -0.25) is 14.4 Å². The Hall–Kier alpha value is -3.47. The number of methoxy groups -OCH3 is 1. The molecule has 0 aromatic heterocycles. The number of halogens is 1. The number of hydrogen-bond donors (Lipinski definition) is 1. The number of hydrogen-bond acceptors (Lipinski definition) is 6. The van der Waals surface area contributed by atoms with Gasteiger partial charge >= 0.3 is 0 Å². The SMILES string of the molecule is C=CCN(CCC)C(=O)[C@H]1[C@H]2C(=O)N([C@H](CO)c3ccccc3)C(C(=O)N(CC=C)c3ccc(OC)cc3)C23CC(Br)[C@@H]1O3. The number of aliphatic hydroxyl groups is 1. The third-order valence-corrected chi connectivity index (χ3v) is 9.90. The van der Waals surface area contributed by atoms with E-state index in [4.69, 9.17) is 9.47 Å². The monoisotopic (exact) mass is 665 g/mol. The Kier molecular flexibility index (Phi) is 9.62. The van der Waals surface area contributed by atoms with Crippen molar-refractivity contribution >= 4 is 39.3 Å². The quantitative estimate of drug-likeness (QED) is 0.255. The molecule has 1 spiro atoms. The zero-order valence-corrected chi connectivity index (χ0v) is 26.8. The van der Waals surface area contributed by atoms with Crippen LogP contribution in [-0.4, -0.2) is 88.6 Å². The number of amides is 3. The number of carbonyl (C=O) groups excluding carboxylic acids is 3. The normalized spacial score (nSPS) is 27.5. The molecule has 2 aromatic carbocycles. The minimum absolute atomic E-state index is 0.173. The van der Waals surface area contributed by atoms with Crippen molar-refractivity contribution in [3.05, 3.63) is 85.5 Å². The van der Waals surface area contributed by atoms with Crippen LogP contribution in [-0.2, 0) is 19.1 Å². The van der Waals surface area contributed by atoms with Gasteiger partial charge in [-0.25, -0.2) is 0 Å². The Morgan fingerprint density at radius 2 is 1.82 bits per heavy atom. The second-order valence-corrected chi connectivity index (χ2v) is 12.7. The van der Waals surface area contributed by atoms with Crippen molar-refractivity contribution in [2.24, 2.45) is 11.8 Å². The molecule has 2 aromatic rings. The van der Waals surface area contributed by atoms with E-state index >= 15 is 0 Å². The molecule has 0 saturated carbocycles. The average molecular weight is 667 g/mol. The smallest absolute Gasteiger partial charge is 0.253 e. The molecule has 2 bridgehead atoms. The number of anilines is 1. The van der Waals surface area contributed by atoms with Crippen LogP contribution in [0.2, 0.25) is 0 Å². The van der Waals surface area contributed by atoms with Crippen molar-refractivity contribution in [3.63, 3.8) is 0 Å². The number of fused-ring (bicyclic) bond motifs is 1. The number of rotatable bonds is 13. The lowest BCUT2D eigenvalue weighted by Crippen LogP contribution is -2.58. The Bertz CT molecular complexity index is 1390. The van der Waals surface area contributed by atoms with Crippen LogP contribution >= 0.6 is 15.9 Å². The Morgan fingerprint density at radius 1 is 1.14 bits per heavy atom. The summed E-state index contributed by atoms with van der Waals surface area (Å²) in [5.74, 6) is -1.98. The number of nitrogens with zero attached hydrogens (tertiary/aromatic N) is 3. The summed E-state index contributed by atoms with van der Waals surface area (Å²) in [6, 6.07) is 14.3. The molecular weight excluding hydrogens is 626 g/mol. The summed E-state index contributed by atoms with van der Waals surface area (Å²) in [7, 11) is 1.57. The zero-order valence-electron chi connectivity index (χ0n) is 25.2. The van der Waals surface area contributed by atoms with Gasteiger partial charge in [0.15, 0.2) is 0 Å². The van der Waals surface area contributed by atoms with Crippen molar-refractivity contribution in [1.82, 2.24) is 9.80 Å². The van der Waals surface area contributed by atoms with Crippen molar-refractivity contribution < 1.29 is 29.0 Å². The molecule has 3 amide bonds. The molecule has 3 saturated heterocycles. The minimum Gasteiger partial charge on any atom is -0.497 e. The van der Waals surface area contributed by atoms with Gasteiger partial charge in [0.25, 0.3) is 5.91 Å². The molecule has 0 aliphatic carbocycles. The lowest BCUT2D eigenvalue weighted by Gasteiger charge is -2.39. The van der Waals surface area contributed by atoms with Gasteiger partial charge in [0.2, 0.25) is 11.8 Å². The van der Waals surface area contributed by atoms with Gasteiger partial charge in [0.1, 0.15) is 17.4 Å². The van der Waals surface area contributed by atoms with Crippen LogP contribution in [0.5, 0.6) is 5.75 Å². The minimum atomic E-state index is -1.28. The first-order chi connectivity index (χ1) is 21.3. The Labute approximate surface area is 267 Å². The zero-order chi connectivity index (χ0) is 31.6. The average Bonchev–Trinajstić information content (AvgIpc) is 3.63. The second-order valence-electron chi connectivity index (χ2n) is 11.5. The van der Waals surface area contributed by atoms with E-state index in [9.17, 15) is 19.5 Å². The van der Waals surface area contributed by atoms with Gasteiger partial charge < -0.3 is 29.3 Å². The molecular formula is C34H40BrN3O6. The highest BCUT2D eigenvalue weighted by atomic mass is 79.9. The van der Waals surface area contributed by atoms with Crippen LogP contribution in [0, 0.1) is 11.8 Å². The first kappa shape index (κ1) is 31.9. The fourth-order valence-electron chi connectivity index (χ4n) is 7.28. The van der Waals surface area contributed by atoms with Crippen LogP contribution in [0.1, 0.15) is 31.4 Å². The largest absolute Gasteiger partial charge is 0.497 e. The fourth-order valence-corrected chi connectivity index (χ4v) is 8.23. The molecule has 7 atom stereocenters. The highest BCUT2D eigenvalue weighted by Gasteiger charge is 2.77. The number of benzene rings is 2. The third-order valence-electron chi connectivity index (χ3n) is 9.06. The number of carbonyl (C=O) groups is 3. The lowest BCUT2D eigenvalue weighted by molar-refractivity contribution is -0.147. The van der Waals surface area contributed by atoms with Gasteiger partial charge in [-0.15, -0.1) is 13.2 Å². The van der Waals surface area contributed by atoms with E-state index in [1.54, 1.807) is 53.3 Å². The molecule has 3 heterocycles. The standard InChI is InChI=1S/C34H40BrN3O6/c1-5-17-36(18-6-2)31(40)27-28-32(41)38(26(21-39)22-11-9-8-10-12-22)30(34(28)20-25(35)29(27)44-34)33(42)37(19-7-3)23-13-15-24(43-4)16-14-23/h5,7-16,25-30,39H,1,3,6,17-21H2,2,4H3/t25?,26-,27+,28+,29+,30?,34?/m1/s1. The van der Waals surface area contributed by atoms with Crippen LogP contribution < -0.4 is 9.64 Å². The third kappa shape index (κ3) is 5.26. The topological polar surface area (TPSA) is 99.6 Å². The van der Waals surface area contributed by atoms with E-state index in [1.807, 2.05) is 37.3 Å². The maximum atomic E-state index is 14.9. The summed E-state index contributed by atoms with van der Waals surface area (Å²) in [6.07, 6.45) is 3.82. The summed E-state index contributed by atoms with van der Waals surface area (Å²) < 4.78 is 12.1. The molecule has 3 aliphatic rings. The van der Waals surface area contributed by atoms with E-state index in [0.717, 1.165) is 6.42 Å². The van der Waals surface area contributed by atoms with E-state index in [0.29, 0.717) is 36.5 Å². The molecule has 5 rings (SSSR count). The molecule has 3 unspecified atom stereocenters. The molecule has 3 aliphatic heterocycles. The number of aliphatic hydroxyl groups excluding tert-OH is 1. The molecule has 44 heavy (non-hydrogen) atoms. The maximum absolute atomic E-state index is 14.9. The molecule has 234 valence electrons. The summed E-state index contributed by atoms with van der Waals surface area (Å²) >= 11 is 3.76. The summed E-state index contributed by atoms with van der Waals surface area (Å²) in [5.41, 5.74) is -0.00351. The molecule has 9 nitrogen and oxygen atoms in total. The number of ether oxygens (including phenoxy) is 2. The van der Waals surface area contributed by atoms with E-state index in [2.05, 4.69) is 29.1 Å². The van der Waals surface area contributed by atoms with Crippen LogP contribution in [0.4, 0.5) is 5.69 Å². The Morgan fingerprint density at radius 3 is 2.41 bits per heavy atom. The highest BCUT2D eigenvalue weighted by molar-refractivity contribution is 9.09. The van der Waals surface area contributed by atoms with Gasteiger partial charge in [-0.1, -0.05) is 65.3 Å². The summed E-state index contributed by atoms with van der Waals surface area (Å²) in [6.45, 7) is 10.3. The molecule has 1 N–H and O–H groups in total. The van der Waals surface area contributed by atoms with Gasteiger partial charge in [0, 0.05) is 30.1 Å². The lowest BCUT2D eigenvalue weighted by atomic mass is 9.70. The van der Waals surface area contributed by atoms with Crippen molar-refractivity contribution in [2.45, 2.75) is 48.4 Å². The molecule has 3 fully saturated rings. The van der Waals surface area contributed by atoms with Crippen molar-refractivity contribution in [1.29, 1.82) is 0 Å². The van der Waals surface area contributed by atoms with Crippen LogP contribution in [0.25, 0.3) is 0 Å². The van der Waals surface area contributed by atoms with E-state index < -0.39 is 42.2 Å². The molecule has 10 heteroatoms. The van der Waals surface area contributed by atoms with Gasteiger partial charge in [0.05, 0.1) is 37.7 Å². The van der Waals surface area contributed by atoms with E-state index in [-0.39, 0.29) is 29.1 Å². The van der Waals surface area contributed by atoms with Crippen LogP contribution in [0.3, 0.4) is 0 Å². The predicted molar refractivity (Wildman–Crippen MR) is 171 cm³/mol. The Balaban J connectivity index is 1.65. The van der Waals surface area contributed by atoms with Gasteiger partial charge in [-0.2, -0.15) is 0 Å². The van der Waals surface area contributed by atoms with Gasteiger partial charge in [-0.05, 0) is 42.7 Å². The first-order valence-corrected chi connectivity index (χ1v) is 15.9. The highest BCUT2D eigenvalue weighted by Crippen LogP contribution is 2.61. The first-order valence-electron chi connectivity index (χ1n) is 15.0. The fraction of sp³-hybridized carbons (Fsp3) is 0.441. The van der Waals surface area contributed by atoms with Crippen molar-refractivity contribution in [3.8, 4) is 5.75 Å². The van der Waals surface area contributed by atoms with Crippen molar-refractivity contribution in [2.75, 3.05) is 38.3 Å². The van der Waals surface area contributed by atoms with E-state index in [1.165, 1.54) is 4.90 Å². The maximum Gasteiger partial charge on any atom is 0.253 e. The molecule has 0 radical (unpaired) electrons. The summed E-state index contributed by atoms with van der Waals surface area (Å²) in [5, 5.41) is 10.8.